The molecule has 1 N–H and O–H groups in total. The number of nitrogens with one attached hydrogen (secondary N) is 1. The summed E-state index contributed by atoms with van der Waals surface area (Å²) in [6.07, 6.45) is 2.90. The number of furan rings is 1. The average molecular weight is 487 g/mol. The van der Waals surface area contributed by atoms with Crippen molar-refractivity contribution in [3.05, 3.63) is 88.9 Å². The number of carbonyl (C=O) groups is 2. The summed E-state index contributed by atoms with van der Waals surface area (Å²) < 4.78 is 15.8. The predicted molar refractivity (Wildman–Crippen MR) is 132 cm³/mol. The maximum absolute atomic E-state index is 12.8. The van der Waals surface area contributed by atoms with Gasteiger partial charge in [0.1, 0.15) is 5.04 Å². The van der Waals surface area contributed by atoms with Crippen LogP contribution in [0.5, 0.6) is 11.5 Å². The van der Waals surface area contributed by atoms with Crippen LogP contribution in [0.15, 0.2) is 80.9 Å². The second-order valence-electron chi connectivity index (χ2n) is 7.52. The van der Waals surface area contributed by atoms with Crippen molar-refractivity contribution < 1.29 is 23.5 Å². The van der Waals surface area contributed by atoms with Gasteiger partial charge in [0.2, 0.25) is 10.9 Å². The van der Waals surface area contributed by atoms with Gasteiger partial charge in [-0.25, -0.2) is 4.79 Å². The highest BCUT2D eigenvalue weighted by molar-refractivity contribution is 8.27. The molecule has 2 aromatic carbocycles. The molecule has 2 aliphatic heterocycles. The minimum atomic E-state index is -0.667. The van der Waals surface area contributed by atoms with E-state index in [1.165, 1.54) is 48.4 Å². The van der Waals surface area contributed by atoms with Gasteiger partial charge < -0.3 is 13.9 Å². The molecule has 0 unspecified atom stereocenters. The number of amides is 1. The fraction of sp³-hybridized carbons (Fsp3) is 0.0800. The number of amidine groups is 2. The Bertz CT molecular complexity index is 1460. The number of ether oxygens (including phenoxy) is 2. The number of benzene rings is 2. The number of aryl methyl sites for hydroxylation is 1. The summed E-state index contributed by atoms with van der Waals surface area (Å²) in [5.41, 5.74) is 2.59. The minimum Gasteiger partial charge on any atom is -0.493 e. The van der Waals surface area contributed by atoms with Crippen LogP contribution in [0.3, 0.4) is 0 Å². The normalized spacial score (nSPS) is 16.2. The van der Waals surface area contributed by atoms with Crippen LogP contribution in [0.1, 0.15) is 27.2 Å². The summed E-state index contributed by atoms with van der Waals surface area (Å²) in [5.74, 6) is -0.771. The molecule has 1 aromatic heterocycles. The fourth-order valence-electron chi connectivity index (χ4n) is 3.48. The first kappa shape index (κ1) is 22.4. The molecule has 0 saturated heterocycles. The third-order valence-corrected chi connectivity index (χ3v) is 6.20. The van der Waals surface area contributed by atoms with Gasteiger partial charge in [-0.05, 0) is 60.2 Å². The molecular formula is C25H18N4O5S. The number of esters is 1. The number of rotatable bonds is 5. The number of hydrogen-bond donors (Lipinski definition) is 1. The van der Waals surface area contributed by atoms with Crippen LogP contribution >= 0.6 is 11.8 Å². The van der Waals surface area contributed by atoms with Gasteiger partial charge in [-0.3, -0.25) is 10.2 Å². The van der Waals surface area contributed by atoms with E-state index in [1.807, 2.05) is 31.2 Å². The van der Waals surface area contributed by atoms with Crippen molar-refractivity contribution >= 4 is 45.8 Å². The Morgan fingerprint density at radius 2 is 1.97 bits per heavy atom. The number of thioether (sulfide) groups is 1. The first-order chi connectivity index (χ1) is 16.9. The van der Waals surface area contributed by atoms with Crippen molar-refractivity contribution in [2.24, 2.45) is 10.1 Å². The molecule has 174 valence electrons. The maximum Gasteiger partial charge on any atom is 0.379 e. The zero-order valence-corrected chi connectivity index (χ0v) is 19.5. The van der Waals surface area contributed by atoms with E-state index in [4.69, 9.17) is 19.3 Å². The van der Waals surface area contributed by atoms with E-state index in [0.717, 1.165) is 11.1 Å². The highest BCUT2D eigenvalue weighted by Crippen LogP contribution is 2.33. The van der Waals surface area contributed by atoms with Crippen LogP contribution in [0.25, 0.3) is 6.08 Å². The van der Waals surface area contributed by atoms with Crippen molar-refractivity contribution in [1.29, 1.82) is 5.41 Å². The van der Waals surface area contributed by atoms with E-state index in [0.29, 0.717) is 15.8 Å². The number of carbonyl (C=O) groups excluding carboxylic acids is 2. The quantitative estimate of drug-likeness (QED) is 0.321. The third kappa shape index (κ3) is 4.26. The number of aliphatic imine (C=N–C) groups is 1. The van der Waals surface area contributed by atoms with Gasteiger partial charge in [0.15, 0.2) is 17.3 Å². The van der Waals surface area contributed by atoms with E-state index in [2.05, 4.69) is 10.1 Å². The molecule has 5 rings (SSSR count). The zero-order valence-electron chi connectivity index (χ0n) is 18.6. The van der Waals surface area contributed by atoms with Crippen molar-refractivity contribution in [3.8, 4) is 11.5 Å². The van der Waals surface area contributed by atoms with E-state index in [1.54, 1.807) is 18.2 Å². The lowest BCUT2D eigenvalue weighted by Crippen LogP contribution is -2.35. The highest BCUT2D eigenvalue weighted by Gasteiger charge is 2.36. The predicted octanol–water partition coefficient (Wildman–Crippen LogP) is 4.48. The average Bonchev–Trinajstić information content (AvgIpc) is 3.53. The molecule has 0 aliphatic carbocycles. The molecule has 0 bridgehead atoms. The van der Waals surface area contributed by atoms with Crippen molar-refractivity contribution in [1.82, 2.24) is 5.01 Å². The maximum atomic E-state index is 12.8. The molecule has 1 amide bonds. The van der Waals surface area contributed by atoms with Gasteiger partial charge in [-0.2, -0.15) is 15.1 Å². The molecule has 0 saturated carbocycles. The Labute approximate surface area is 204 Å². The van der Waals surface area contributed by atoms with Crippen LogP contribution in [0.2, 0.25) is 0 Å². The van der Waals surface area contributed by atoms with Crippen LogP contribution < -0.4 is 9.47 Å². The Balaban J connectivity index is 1.42. The number of nitrogens with zero attached hydrogens (tertiary/aromatic N) is 3. The van der Waals surface area contributed by atoms with Crippen molar-refractivity contribution in [2.75, 3.05) is 7.11 Å². The number of methoxy groups -OCH3 is 1. The first-order valence-electron chi connectivity index (χ1n) is 10.4. The Kier molecular flexibility index (Phi) is 5.79. The number of hydrogen-bond acceptors (Lipinski definition) is 8. The number of hydrazone groups is 1. The summed E-state index contributed by atoms with van der Waals surface area (Å²) in [6.45, 7) is 1.97. The smallest absolute Gasteiger partial charge is 0.379 e. The van der Waals surface area contributed by atoms with Crippen LogP contribution in [-0.4, -0.2) is 40.0 Å². The largest absolute Gasteiger partial charge is 0.493 e. The second kappa shape index (κ2) is 9.07. The standard InChI is InChI=1S/C25H18N4O5S/c1-14-6-3-4-7-16(14)23-28-29-21(26)17(22(30)27-25(29)35-23)12-15-9-10-18(20(13-15)32-2)34-24(31)19-8-5-11-33-19/h3-13,26H,1-2H3. The van der Waals surface area contributed by atoms with Gasteiger partial charge in [0, 0.05) is 5.56 Å². The molecule has 3 aromatic rings. The fourth-order valence-corrected chi connectivity index (χ4v) is 4.47. The minimum absolute atomic E-state index is 0.0577. The molecular weight excluding hydrogens is 468 g/mol. The summed E-state index contributed by atoms with van der Waals surface area (Å²) in [7, 11) is 1.43. The van der Waals surface area contributed by atoms with Gasteiger partial charge in [-0.1, -0.05) is 30.3 Å². The van der Waals surface area contributed by atoms with Crippen molar-refractivity contribution in [3.63, 3.8) is 0 Å². The van der Waals surface area contributed by atoms with Crippen LogP contribution in [0.4, 0.5) is 0 Å². The molecule has 0 radical (unpaired) electrons. The zero-order chi connectivity index (χ0) is 24.5. The summed E-state index contributed by atoms with van der Waals surface area (Å²) in [6, 6.07) is 15.6. The van der Waals surface area contributed by atoms with Crippen molar-refractivity contribution in [2.45, 2.75) is 6.92 Å². The van der Waals surface area contributed by atoms with Crippen LogP contribution in [-0.2, 0) is 4.79 Å². The second-order valence-corrected chi connectivity index (χ2v) is 8.47. The Morgan fingerprint density at radius 1 is 1.14 bits per heavy atom. The summed E-state index contributed by atoms with van der Waals surface area (Å²) >= 11 is 1.25. The first-order valence-corrected chi connectivity index (χ1v) is 11.3. The SMILES string of the molecule is COc1cc(C=C2C(=N)N3N=C(c4ccccc4C)SC3=NC2=O)ccc1OC(=O)c1ccco1. The summed E-state index contributed by atoms with van der Waals surface area (Å²) in [5, 5.41) is 15.5. The van der Waals surface area contributed by atoms with Gasteiger partial charge in [0.05, 0.1) is 18.9 Å². The van der Waals surface area contributed by atoms with E-state index in [9.17, 15) is 9.59 Å². The van der Waals surface area contributed by atoms with E-state index in [-0.39, 0.29) is 28.7 Å². The summed E-state index contributed by atoms with van der Waals surface area (Å²) in [4.78, 5) is 29.1. The Morgan fingerprint density at radius 3 is 2.71 bits per heavy atom. The Hall–Kier alpha value is -4.44. The topological polar surface area (TPSA) is 118 Å². The molecule has 9 nitrogen and oxygen atoms in total. The van der Waals surface area contributed by atoms with Gasteiger partial charge >= 0.3 is 5.97 Å². The molecule has 35 heavy (non-hydrogen) atoms. The molecule has 3 heterocycles. The monoisotopic (exact) mass is 486 g/mol. The van der Waals surface area contributed by atoms with Gasteiger partial charge in [0.25, 0.3) is 5.91 Å². The molecule has 2 aliphatic rings. The third-order valence-electron chi connectivity index (χ3n) is 5.25. The lowest BCUT2D eigenvalue weighted by Gasteiger charge is -2.20. The molecule has 0 fully saturated rings. The highest BCUT2D eigenvalue weighted by atomic mass is 32.2. The lowest BCUT2D eigenvalue weighted by atomic mass is 10.1. The molecule has 10 heteroatoms. The van der Waals surface area contributed by atoms with E-state index < -0.39 is 11.9 Å². The lowest BCUT2D eigenvalue weighted by molar-refractivity contribution is -0.114. The van der Waals surface area contributed by atoms with Gasteiger partial charge in [-0.15, -0.1) is 0 Å². The molecule has 0 atom stereocenters. The van der Waals surface area contributed by atoms with Crippen LogP contribution in [0, 0.1) is 12.3 Å². The molecule has 0 spiro atoms. The number of fused-ring (bicyclic) bond motifs is 1. The van der Waals surface area contributed by atoms with E-state index >= 15 is 0 Å².